The second kappa shape index (κ2) is 19.2. The minimum Gasteiger partial charge on any atom is -0.497 e. The minimum atomic E-state index is -0.513. The number of rotatable bonds is 18. The Kier molecular flexibility index (Phi) is 12.3. The summed E-state index contributed by atoms with van der Waals surface area (Å²) in [4.78, 5) is 58.8. The first-order valence-corrected chi connectivity index (χ1v) is 24.6. The SMILES string of the molecule is COc1cccc(CN(CCN(C)C)C(=O)c2c3ccc(-c4cnn(C(C)NC(=O)c5cccc(NC(=O)c6c7ccc(-c8ncnc9[nH]cc(C)c89)cc7nn6CC6CC6)c5)c4)cc3nn2CC2CC2)c1. The molecule has 5 heterocycles. The molecule has 0 radical (unpaired) electrons. The number of carbonyl (C=O) groups is 3. The third-order valence-electron chi connectivity index (χ3n) is 13.8. The molecule has 0 bridgehead atoms. The van der Waals surface area contributed by atoms with Crippen LogP contribution < -0.4 is 15.4 Å². The standard InChI is InChI=1S/C55H57N13O4/c1-33-26-56-52-48(33)49(57-32-58-52)39-17-19-44-47(25-39)62-67(29-35-12-13-35)50(44)54(70)61-42-10-7-9-40(23-42)53(69)60-34(2)66-31-41(27-59-66)38-16-18-45-46(24-38)63-68(30-36-14-15-36)51(45)55(71)65(21-20-64(3)4)28-37-8-6-11-43(22-37)72-5/h6-11,16-19,22-27,31-32,34-36H,12-15,20-21,28-30H2,1-5H3,(H,60,69)(H,61,70)(H,56,57,58). The van der Waals surface area contributed by atoms with Crippen molar-refractivity contribution in [3.05, 3.63) is 138 Å². The Morgan fingerprint density at radius 1 is 0.806 bits per heavy atom. The molecule has 2 aliphatic rings. The molecule has 9 aromatic rings. The van der Waals surface area contributed by atoms with Crippen molar-refractivity contribution in [2.24, 2.45) is 11.8 Å². The third-order valence-corrected chi connectivity index (χ3v) is 13.8. The number of H-pyrrole nitrogens is 1. The first-order chi connectivity index (χ1) is 35.0. The summed E-state index contributed by atoms with van der Waals surface area (Å²) in [5.41, 5.74) is 9.56. The zero-order valence-electron chi connectivity index (χ0n) is 41.1. The number of aromatic nitrogens is 9. The number of amides is 3. The Balaban J connectivity index is 0.792. The predicted molar refractivity (Wildman–Crippen MR) is 277 cm³/mol. The smallest absolute Gasteiger partial charge is 0.274 e. The quantitative estimate of drug-likeness (QED) is 0.0751. The average molecular weight is 964 g/mol. The van der Waals surface area contributed by atoms with Crippen molar-refractivity contribution in [3.8, 4) is 28.1 Å². The normalized spacial score (nSPS) is 14.1. The number of ether oxygens (including phenoxy) is 1. The van der Waals surface area contributed by atoms with Gasteiger partial charge in [-0.2, -0.15) is 15.3 Å². The molecular formula is C55H57N13O4. The molecular weight excluding hydrogens is 907 g/mol. The Labute approximate surface area is 416 Å². The summed E-state index contributed by atoms with van der Waals surface area (Å²) in [5.74, 6) is 1.02. The van der Waals surface area contributed by atoms with E-state index in [-0.39, 0.29) is 17.7 Å². The lowest BCUT2D eigenvalue weighted by atomic mass is 10.0. The van der Waals surface area contributed by atoms with Gasteiger partial charge in [0.25, 0.3) is 17.7 Å². The number of hydrogen-bond donors (Lipinski definition) is 3. The molecule has 5 aromatic heterocycles. The summed E-state index contributed by atoms with van der Waals surface area (Å²) in [6.07, 6.45) is 11.1. The Bertz CT molecular complexity index is 3520. The van der Waals surface area contributed by atoms with Crippen LogP contribution in [-0.4, -0.2) is 106 Å². The topological polar surface area (TPSA) is 186 Å². The van der Waals surface area contributed by atoms with Crippen molar-refractivity contribution in [3.63, 3.8) is 0 Å². The van der Waals surface area contributed by atoms with Crippen LogP contribution >= 0.6 is 0 Å². The summed E-state index contributed by atoms with van der Waals surface area (Å²) in [6.45, 7) is 6.90. The van der Waals surface area contributed by atoms with Crippen molar-refractivity contribution in [2.75, 3.05) is 39.6 Å². The molecule has 2 saturated carbocycles. The van der Waals surface area contributed by atoms with Gasteiger partial charge in [0.1, 0.15) is 35.3 Å². The lowest BCUT2D eigenvalue weighted by molar-refractivity contribution is 0.0720. The highest BCUT2D eigenvalue weighted by atomic mass is 16.5. The molecule has 3 N–H and O–H groups in total. The van der Waals surface area contributed by atoms with Gasteiger partial charge in [0, 0.05) is 83.7 Å². The third kappa shape index (κ3) is 9.54. The van der Waals surface area contributed by atoms with Gasteiger partial charge in [0.15, 0.2) is 0 Å². The molecule has 4 aromatic carbocycles. The average Bonchev–Trinajstić information content (AvgIpc) is 4.19. The molecule has 0 spiro atoms. The highest BCUT2D eigenvalue weighted by Gasteiger charge is 2.30. The van der Waals surface area contributed by atoms with Gasteiger partial charge in [-0.1, -0.05) is 30.3 Å². The molecule has 11 rings (SSSR count). The number of methoxy groups -OCH3 is 1. The van der Waals surface area contributed by atoms with Crippen LogP contribution in [0.15, 0.2) is 110 Å². The fraction of sp³-hybridized carbons (Fsp3) is 0.309. The molecule has 2 aliphatic carbocycles. The molecule has 3 amide bonds. The van der Waals surface area contributed by atoms with Crippen molar-refractivity contribution in [1.82, 2.24) is 59.4 Å². The maximum Gasteiger partial charge on any atom is 0.274 e. The fourth-order valence-corrected chi connectivity index (χ4v) is 9.43. The number of aryl methyl sites for hydroxylation is 1. The fourth-order valence-electron chi connectivity index (χ4n) is 9.43. The first-order valence-electron chi connectivity index (χ1n) is 24.6. The number of hydrogen-bond acceptors (Lipinski definition) is 10. The monoisotopic (exact) mass is 963 g/mol. The Hall–Kier alpha value is -8.18. The summed E-state index contributed by atoms with van der Waals surface area (Å²) in [7, 11) is 5.67. The van der Waals surface area contributed by atoms with E-state index in [9.17, 15) is 14.4 Å². The molecule has 0 aliphatic heterocycles. The zero-order valence-corrected chi connectivity index (χ0v) is 41.1. The summed E-state index contributed by atoms with van der Waals surface area (Å²) in [5, 5.41) is 23.2. The molecule has 2 fully saturated rings. The molecule has 17 nitrogen and oxygen atoms in total. The van der Waals surface area contributed by atoms with Gasteiger partial charge in [-0.25, -0.2) is 14.6 Å². The van der Waals surface area contributed by atoms with E-state index in [1.54, 1.807) is 48.6 Å². The molecule has 1 unspecified atom stereocenters. The van der Waals surface area contributed by atoms with E-state index >= 15 is 0 Å². The largest absolute Gasteiger partial charge is 0.497 e. The van der Waals surface area contributed by atoms with E-state index < -0.39 is 6.17 Å². The Morgan fingerprint density at radius 2 is 1.51 bits per heavy atom. The van der Waals surface area contributed by atoms with Gasteiger partial charge in [0.05, 0.1) is 30.0 Å². The molecule has 366 valence electrons. The van der Waals surface area contributed by atoms with Crippen LogP contribution in [0.4, 0.5) is 5.69 Å². The van der Waals surface area contributed by atoms with Crippen LogP contribution in [0.1, 0.15) is 81.2 Å². The van der Waals surface area contributed by atoms with E-state index in [0.29, 0.717) is 72.7 Å². The number of nitrogens with zero attached hydrogens (tertiary/aromatic N) is 10. The number of anilines is 1. The maximum absolute atomic E-state index is 14.7. The van der Waals surface area contributed by atoms with Gasteiger partial charge >= 0.3 is 0 Å². The van der Waals surface area contributed by atoms with Gasteiger partial charge in [-0.05, 0) is 137 Å². The molecule has 72 heavy (non-hydrogen) atoms. The van der Waals surface area contributed by atoms with Gasteiger partial charge in [0.2, 0.25) is 0 Å². The van der Waals surface area contributed by atoms with Crippen LogP contribution in [-0.2, 0) is 19.6 Å². The van der Waals surface area contributed by atoms with Gasteiger partial charge in [-0.3, -0.25) is 23.7 Å². The first kappa shape index (κ1) is 46.2. The lowest BCUT2D eigenvalue weighted by Crippen LogP contribution is -2.37. The summed E-state index contributed by atoms with van der Waals surface area (Å²) >= 11 is 0. The zero-order chi connectivity index (χ0) is 49.6. The van der Waals surface area contributed by atoms with Crippen LogP contribution in [0, 0.1) is 18.8 Å². The van der Waals surface area contributed by atoms with Crippen LogP contribution in [0.5, 0.6) is 5.75 Å². The molecule has 0 saturated heterocycles. The van der Waals surface area contributed by atoms with E-state index in [0.717, 1.165) is 92.3 Å². The van der Waals surface area contributed by atoms with Crippen molar-refractivity contribution >= 4 is 56.2 Å². The van der Waals surface area contributed by atoms with Crippen molar-refractivity contribution in [2.45, 2.75) is 65.3 Å². The second-order valence-electron chi connectivity index (χ2n) is 19.6. The van der Waals surface area contributed by atoms with Crippen LogP contribution in [0.2, 0.25) is 0 Å². The summed E-state index contributed by atoms with van der Waals surface area (Å²) < 4.78 is 10.9. The summed E-state index contributed by atoms with van der Waals surface area (Å²) in [6, 6.07) is 26.6. The van der Waals surface area contributed by atoms with E-state index in [1.165, 1.54) is 0 Å². The van der Waals surface area contributed by atoms with Crippen LogP contribution in [0.3, 0.4) is 0 Å². The number of nitrogens with one attached hydrogen (secondary N) is 3. The van der Waals surface area contributed by atoms with E-state index in [2.05, 4.69) is 35.6 Å². The van der Waals surface area contributed by atoms with Crippen LogP contribution in [0.25, 0.3) is 55.2 Å². The van der Waals surface area contributed by atoms with Crippen molar-refractivity contribution < 1.29 is 19.1 Å². The molecule has 1 atom stereocenters. The minimum absolute atomic E-state index is 0.0612. The van der Waals surface area contributed by atoms with Gasteiger partial charge in [-0.15, -0.1) is 0 Å². The van der Waals surface area contributed by atoms with E-state index in [4.69, 9.17) is 14.9 Å². The second-order valence-corrected chi connectivity index (χ2v) is 19.6. The number of benzene rings is 4. The molecule has 17 heteroatoms. The predicted octanol–water partition coefficient (Wildman–Crippen LogP) is 8.73. The van der Waals surface area contributed by atoms with Crippen molar-refractivity contribution in [1.29, 1.82) is 0 Å². The number of likely N-dealkylation sites (N-methyl/N-ethyl adjacent to an activating group) is 1. The van der Waals surface area contributed by atoms with Gasteiger partial charge < -0.3 is 30.2 Å². The Morgan fingerprint density at radius 3 is 2.25 bits per heavy atom. The lowest BCUT2D eigenvalue weighted by Gasteiger charge is -2.25. The maximum atomic E-state index is 14.7. The number of aromatic amines is 1. The number of fused-ring (bicyclic) bond motifs is 3. The number of carbonyl (C=O) groups excluding carboxylic acids is 3. The highest BCUT2D eigenvalue weighted by Crippen LogP contribution is 2.36. The van der Waals surface area contributed by atoms with E-state index in [1.807, 2.05) is 115 Å². The highest BCUT2D eigenvalue weighted by molar-refractivity contribution is 6.12.